The second-order valence-corrected chi connectivity index (χ2v) is 10.8. The third-order valence-corrected chi connectivity index (χ3v) is 8.53. The van der Waals surface area contributed by atoms with Crippen LogP contribution >= 0.6 is 11.8 Å². The van der Waals surface area contributed by atoms with Gasteiger partial charge in [0.2, 0.25) is 21.8 Å². The third-order valence-electron chi connectivity index (χ3n) is 5.88. The van der Waals surface area contributed by atoms with E-state index in [-0.39, 0.29) is 48.5 Å². The smallest absolute Gasteiger partial charge is 0.246 e. The minimum Gasteiger partial charge on any atom is -0.495 e. The maximum Gasteiger partial charge on any atom is 0.246 e. The SMILES string of the molecule is COc1ccc(NC(=O)[C@@H]2CC(=O)N(c3cccc(SC)c3)C2)cc1S(=O)(=O)N1CCOCC1. The summed E-state index contributed by atoms with van der Waals surface area (Å²) >= 11 is 1.58. The Kier molecular flexibility index (Phi) is 7.46. The van der Waals surface area contributed by atoms with Crippen molar-refractivity contribution in [3.8, 4) is 5.75 Å². The Morgan fingerprint density at radius 2 is 1.94 bits per heavy atom. The van der Waals surface area contributed by atoms with Crippen molar-refractivity contribution in [3.05, 3.63) is 42.5 Å². The number of anilines is 2. The number of ether oxygens (including phenoxy) is 2. The highest BCUT2D eigenvalue weighted by Crippen LogP contribution is 2.32. The van der Waals surface area contributed by atoms with Gasteiger partial charge in [0.25, 0.3) is 0 Å². The number of amides is 2. The van der Waals surface area contributed by atoms with E-state index in [0.29, 0.717) is 18.9 Å². The van der Waals surface area contributed by atoms with Gasteiger partial charge in [-0.25, -0.2) is 8.42 Å². The van der Waals surface area contributed by atoms with Crippen molar-refractivity contribution in [2.24, 2.45) is 5.92 Å². The summed E-state index contributed by atoms with van der Waals surface area (Å²) in [5.41, 5.74) is 1.09. The summed E-state index contributed by atoms with van der Waals surface area (Å²) in [4.78, 5) is 28.2. The summed E-state index contributed by atoms with van der Waals surface area (Å²) in [5.74, 6) is -0.812. The van der Waals surface area contributed by atoms with E-state index >= 15 is 0 Å². The van der Waals surface area contributed by atoms with Crippen molar-refractivity contribution in [1.29, 1.82) is 0 Å². The van der Waals surface area contributed by atoms with Crippen LogP contribution in [0.2, 0.25) is 0 Å². The molecular weight excluding hydrogens is 478 g/mol. The number of hydrogen-bond acceptors (Lipinski definition) is 7. The molecule has 2 aromatic rings. The first-order valence-corrected chi connectivity index (χ1v) is 13.5. The fourth-order valence-corrected chi connectivity index (χ4v) is 6.08. The van der Waals surface area contributed by atoms with Crippen LogP contribution in [0.15, 0.2) is 52.3 Å². The third kappa shape index (κ3) is 5.07. The first kappa shape index (κ1) is 24.5. The van der Waals surface area contributed by atoms with Crippen molar-refractivity contribution in [2.75, 3.05) is 56.4 Å². The van der Waals surface area contributed by atoms with Crippen LogP contribution in [0.1, 0.15) is 6.42 Å². The van der Waals surface area contributed by atoms with E-state index in [0.717, 1.165) is 10.6 Å². The molecule has 0 radical (unpaired) electrons. The lowest BCUT2D eigenvalue weighted by Gasteiger charge is -2.27. The number of carbonyl (C=O) groups is 2. The molecule has 2 fully saturated rings. The Bertz CT molecular complexity index is 1180. The standard InChI is InChI=1S/C23H27N3O6S2/c1-31-20-7-6-17(13-21(20)34(29,30)25-8-10-32-11-9-25)24-23(28)16-12-22(27)26(15-16)18-4-3-5-19(14-18)33-2/h3-7,13-14,16H,8-12,15H2,1-2H3,(H,24,28)/t16-/m1/s1. The summed E-state index contributed by atoms with van der Waals surface area (Å²) < 4.78 is 38.2. The van der Waals surface area contributed by atoms with Gasteiger partial charge in [0, 0.05) is 42.3 Å². The lowest BCUT2D eigenvalue weighted by molar-refractivity contribution is -0.122. The summed E-state index contributed by atoms with van der Waals surface area (Å²) in [6.45, 7) is 1.41. The normalized spacial score (nSPS) is 19.3. The molecule has 2 aromatic carbocycles. The van der Waals surface area contributed by atoms with Gasteiger partial charge in [-0.05, 0) is 42.7 Å². The van der Waals surface area contributed by atoms with Crippen LogP contribution in [-0.2, 0) is 24.3 Å². The van der Waals surface area contributed by atoms with Crippen molar-refractivity contribution in [3.63, 3.8) is 0 Å². The molecule has 0 aromatic heterocycles. The van der Waals surface area contributed by atoms with Crippen LogP contribution in [0.3, 0.4) is 0 Å². The molecule has 0 spiro atoms. The zero-order chi connectivity index (χ0) is 24.3. The van der Waals surface area contributed by atoms with Gasteiger partial charge < -0.3 is 19.7 Å². The molecule has 2 amide bonds. The lowest BCUT2D eigenvalue weighted by atomic mass is 10.1. The highest BCUT2D eigenvalue weighted by Gasteiger charge is 2.36. The molecule has 9 nitrogen and oxygen atoms in total. The van der Waals surface area contributed by atoms with Crippen molar-refractivity contribution < 1.29 is 27.5 Å². The Morgan fingerprint density at radius 3 is 2.65 bits per heavy atom. The molecule has 4 rings (SSSR count). The molecule has 2 heterocycles. The second-order valence-electron chi connectivity index (χ2n) is 7.98. The maximum absolute atomic E-state index is 13.2. The molecule has 0 unspecified atom stereocenters. The summed E-state index contributed by atoms with van der Waals surface area (Å²) in [6, 6.07) is 12.1. The molecule has 2 aliphatic rings. The number of sulfonamides is 1. The van der Waals surface area contributed by atoms with Gasteiger partial charge in [-0.3, -0.25) is 9.59 Å². The molecule has 0 aliphatic carbocycles. The van der Waals surface area contributed by atoms with Gasteiger partial charge in [-0.1, -0.05) is 6.07 Å². The van der Waals surface area contributed by atoms with Crippen molar-refractivity contribution >= 4 is 45.0 Å². The van der Waals surface area contributed by atoms with E-state index in [4.69, 9.17) is 9.47 Å². The zero-order valence-electron chi connectivity index (χ0n) is 19.0. The topological polar surface area (TPSA) is 105 Å². The highest BCUT2D eigenvalue weighted by molar-refractivity contribution is 7.98. The number of rotatable bonds is 7. The van der Waals surface area contributed by atoms with E-state index < -0.39 is 15.9 Å². The fraction of sp³-hybridized carbons (Fsp3) is 0.391. The number of nitrogens with one attached hydrogen (secondary N) is 1. The largest absolute Gasteiger partial charge is 0.495 e. The average Bonchev–Trinajstić information content (AvgIpc) is 3.26. The van der Waals surface area contributed by atoms with Gasteiger partial charge >= 0.3 is 0 Å². The van der Waals surface area contributed by atoms with Gasteiger partial charge in [-0.15, -0.1) is 11.8 Å². The minimum absolute atomic E-state index is 0.0206. The van der Waals surface area contributed by atoms with Crippen LogP contribution in [-0.4, -0.2) is 70.8 Å². The van der Waals surface area contributed by atoms with Crippen molar-refractivity contribution in [1.82, 2.24) is 4.31 Å². The van der Waals surface area contributed by atoms with Crippen LogP contribution in [0.25, 0.3) is 0 Å². The maximum atomic E-state index is 13.2. The molecule has 1 N–H and O–H groups in total. The van der Waals surface area contributed by atoms with Crippen LogP contribution in [0, 0.1) is 5.92 Å². The number of morpholine rings is 1. The number of thioether (sulfide) groups is 1. The van der Waals surface area contributed by atoms with Crippen molar-refractivity contribution in [2.45, 2.75) is 16.2 Å². The van der Waals surface area contributed by atoms with E-state index in [2.05, 4.69) is 5.32 Å². The quantitative estimate of drug-likeness (QED) is 0.576. The van der Waals surface area contributed by atoms with E-state index in [1.165, 1.54) is 23.5 Å². The van der Waals surface area contributed by atoms with Gasteiger partial charge in [0.15, 0.2) is 0 Å². The summed E-state index contributed by atoms with van der Waals surface area (Å²) in [7, 11) is -2.43. The summed E-state index contributed by atoms with van der Waals surface area (Å²) in [5, 5.41) is 2.78. The minimum atomic E-state index is -3.83. The predicted octanol–water partition coefficient (Wildman–Crippen LogP) is 2.43. The zero-order valence-corrected chi connectivity index (χ0v) is 20.7. The molecule has 11 heteroatoms. The first-order valence-electron chi connectivity index (χ1n) is 10.8. The molecule has 2 aliphatic heterocycles. The Morgan fingerprint density at radius 1 is 1.18 bits per heavy atom. The van der Waals surface area contributed by atoms with Gasteiger partial charge in [-0.2, -0.15) is 4.31 Å². The van der Waals surface area contributed by atoms with Gasteiger partial charge in [0.05, 0.1) is 26.2 Å². The molecule has 34 heavy (non-hydrogen) atoms. The van der Waals surface area contributed by atoms with Crippen LogP contribution in [0.5, 0.6) is 5.75 Å². The molecular formula is C23H27N3O6S2. The molecule has 0 bridgehead atoms. The average molecular weight is 506 g/mol. The second kappa shape index (κ2) is 10.3. The number of nitrogens with zero attached hydrogens (tertiary/aromatic N) is 2. The molecule has 182 valence electrons. The lowest BCUT2D eigenvalue weighted by Crippen LogP contribution is -2.40. The Labute approximate surface area is 203 Å². The Hall–Kier alpha value is -2.60. The molecule has 1 atom stereocenters. The first-order chi connectivity index (χ1) is 16.3. The number of carbonyl (C=O) groups excluding carboxylic acids is 2. The number of hydrogen-bond donors (Lipinski definition) is 1. The summed E-state index contributed by atoms with van der Waals surface area (Å²) in [6.07, 6.45) is 2.05. The number of benzene rings is 2. The monoisotopic (exact) mass is 505 g/mol. The van der Waals surface area contributed by atoms with Crippen LogP contribution in [0.4, 0.5) is 11.4 Å². The number of methoxy groups -OCH3 is 1. The molecule has 2 saturated heterocycles. The van der Waals surface area contributed by atoms with E-state index in [9.17, 15) is 18.0 Å². The fourth-order valence-electron chi connectivity index (χ4n) is 4.04. The van der Waals surface area contributed by atoms with Gasteiger partial charge in [0.1, 0.15) is 10.6 Å². The van der Waals surface area contributed by atoms with Crippen LogP contribution < -0.4 is 15.0 Å². The molecule has 0 saturated carbocycles. The van der Waals surface area contributed by atoms with E-state index in [1.807, 2.05) is 30.5 Å². The van der Waals surface area contributed by atoms with E-state index in [1.54, 1.807) is 22.7 Å². The highest BCUT2D eigenvalue weighted by atomic mass is 32.2. The Balaban J connectivity index is 1.51. The predicted molar refractivity (Wildman–Crippen MR) is 130 cm³/mol.